The van der Waals surface area contributed by atoms with Gasteiger partial charge in [0.1, 0.15) is 0 Å². The Morgan fingerprint density at radius 1 is 0.950 bits per heavy atom. The Hall–Kier alpha value is -0.340. The molecule has 0 amide bonds. The minimum absolute atomic E-state index is 0.444. The first-order chi connectivity index (χ1) is 9.86. The molecule has 2 rings (SSSR count). The lowest BCUT2D eigenvalue weighted by Crippen LogP contribution is -1.82. The van der Waals surface area contributed by atoms with Crippen LogP contribution in [-0.2, 0) is 12.2 Å². The molecule has 1 atom stereocenters. The fourth-order valence-electron chi connectivity index (χ4n) is 2.75. The maximum absolute atomic E-state index is 2.49. The van der Waals surface area contributed by atoms with Crippen molar-refractivity contribution in [3.8, 4) is 0 Å². The van der Waals surface area contributed by atoms with E-state index in [1.807, 2.05) is 11.3 Å². The zero-order valence-corrected chi connectivity index (χ0v) is 14.8. The Kier molecular flexibility index (Phi) is 7.09. The summed E-state index contributed by atoms with van der Waals surface area (Å²) in [6, 6.07) is 2.42. The monoisotopic (exact) mass is 309 g/mol. The number of fused-ring (bicyclic) bond motifs is 1. The van der Waals surface area contributed by atoms with Gasteiger partial charge in [0.15, 0.2) is 0 Å². The van der Waals surface area contributed by atoms with E-state index >= 15 is 0 Å². The van der Waals surface area contributed by atoms with Crippen molar-refractivity contribution in [2.75, 3.05) is 0 Å². The van der Waals surface area contributed by atoms with E-state index in [-0.39, 0.29) is 0 Å². The van der Waals surface area contributed by atoms with E-state index in [2.05, 4.69) is 30.7 Å². The molecule has 2 aromatic heterocycles. The molecule has 0 aromatic carbocycles. The van der Waals surface area contributed by atoms with Crippen LogP contribution in [0, 0.1) is 0 Å². The lowest BCUT2D eigenvalue weighted by molar-refractivity contribution is 0.669. The van der Waals surface area contributed by atoms with Crippen molar-refractivity contribution >= 4 is 31.2 Å². The Morgan fingerprint density at radius 3 is 2.45 bits per heavy atom. The first-order valence-corrected chi connectivity index (χ1v) is 10.7. The van der Waals surface area contributed by atoms with E-state index in [0.29, 0.717) is 10.5 Å². The van der Waals surface area contributed by atoms with Crippen LogP contribution in [0.1, 0.15) is 70.8 Å². The third kappa shape index (κ3) is 4.33. The van der Waals surface area contributed by atoms with Crippen LogP contribution in [0.4, 0.5) is 0 Å². The molecule has 0 nitrogen and oxygen atoms in total. The van der Waals surface area contributed by atoms with Crippen molar-refractivity contribution < 1.29 is 0 Å². The summed E-state index contributed by atoms with van der Waals surface area (Å²) in [6.45, 7) is 4.58. The molecule has 0 aliphatic carbocycles. The van der Waals surface area contributed by atoms with E-state index in [4.69, 9.17) is 0 Å². The third-order valence-corrected chi connectivity index (χ3v) is 7.69. The predicted molar refractivity (Wildman–Crippen MR) is 96.3 cm³/mol. The van der Waals surface area contributed by atoms with E-state index in [0.717, 1.165) is 0 Å². The highest BCUT2D eigenvalue weighted by Crippen LogP contribution is 2.40. The van der Waals surface area contributed by atoms with Crippen molar-refractivity contribution in [2.24, 2.45) is 0 Å². The Morgan fingerprint density at radius 2 is 1.70 bits per heavy atom. The molecule has 0 aliphatic rings. The van der Waals surface area contributed by atoms with Gasteiger partial charge in [-0.3, -0.25) is 0 Å². The molecule has 112 valence electrons. The van der Waals surface area contributed by atoms with Gasteiger partial charge < -0.3 is 0 Å². The zero-order valence-electron chi connectivity index (χ0n) is 13.1. The number of hydrogen-bond acceptors (Lipinski definition) is 1. The smallest absolute Gasteiger partial charge is 0.0734 e. The summed E-state index contributed by atoms with van der Waals surface area (Å²) in [4.78, 5) is 0. The SMILES string of the molecule is CCCCCCc1csc2c1cc[s+]2CCCCCC. The number of hydrogen-bond donors (Lipinski definition) is 0. The van der Waals surface area contributed by atoms with Crippen LogP contribution in [0.25, 0.3) is 9.40 Å². The van der Waals surface area contributed by atoms with Gasteiger partial charge in [0.05, 0.1) is 33.2 Å². The topological polar surface area (TPSA) is 0 Å². The lowest BCUT2D eigenvalue weighted by atomic mass is 10.1. The van der Waals surface area contributed by atoms with Gasteiger partial charge in [-0.05, 0) is 30.9 Å². The minimum atomic E-state index is 0.444. The largest absolute Gasteiger partial charge is 0.253 e. The molecule has 0 saturated heterocycles. The van der Waals surface area contributed by atoms with Crippen molar-refractivity contribution in [1.29, 1.82) is 0 Å². The molecule has 20 heavy (non-hydrogen) atoms. The van der Waals surface area contributed by atoms with Gasteiger partial charge in [-0.25, -0.2) is 0 Å². The van der Waals surface area contributed by atoms with Crippen molar-refractivity contribution in [1.82, 2.24) is 0 Å². The summed E-state index contributed by atoms with van der Waals surface area (Å²) in [5, 5.41) is 6.53. The molecule has 0 N–H and O–H groups in total. The van der Waals surface area contributed by atoms with Gasteiger partial charge in [-0.2, -0.15) is 0 Å². The van der Waals surface area contributed by atoms with Gasteiger partial charge in [0, 0.05) is 0 Å². The van der Waals surface area contributed by atoms with E-state index in [1.165, 1.54) is 63.5 Å². The van der Waals surface area contributed by atoms with Crippen LogP contribution in [0.15, 0.2) is 16.8 Å². The predicted octanol–water partition coefficient (Wildman–Crippen LogP) is 7.35. The second-order valence-corrected chi connectivity index (χ2v) is 8.85. The molecular formula is C18H29S2+. The fourth-order valence-corrected chi connectivity index (χ4v) is 6.37. The first-order valence-electron chi connectivity index (χ1n) is 8.35. The van der Waals surface area contributed by atoms with Gasteiger partial charge in [-0.1, -0.05) is 62.8 Å². The van der Waals surface area contributed by atoms with Crippen molar-refractivity contribution in [3.63, 3.8) is 0 Å². The maximum atomic E-state index is 2.49. The summed E-state index contributed by atoms with van der Waals surface area (Å²) in [5.41, 5.74) is 1.63. The summed E-state index contributed by atoms with van der Waals surface area (Å²) >= 11 is 2.02. The van der Waals surface area contributed by atoms with E-state index < -0.39 is 0 Å². The van der Waals surface area contributed by atoms with Crippen molar-refractivity contribution in [3.05, 3.63) is 22.4 Å². The Balaban J connectivity index is 1.90. The molecule has 0 radical (unpaired) electrons. The molecule has 0 saturated carbocycles. The standard InChI is InChI=1S/C18H29S2/c1-3-5-7-9-11-16-15-19-18-17(16)12-14-20(18)13-10-8-6-4-2/h12,14-15H,3-11,13H2,1-2H3/q+1. The van der Waals surface area contributed by atoms with Crippen LogP contribution < -0.4 is 0 Å². The molecular weight excluding hydrogens is 280 g/mol. The van der Waals surface area contributed by atoms with Crippen LogP contribution >= 0.6 is 21.8 Å². The molecule has 0 fully saturated rings. The fraction of sp³-hybridized carbons (Fsp3) is 0.667. The molecule has 2 heterocycles. The molecule has 0 aliphatic heterocycles. The quantitative estimate of drug-likeness (QED) is 0.318. The summed E-state index contributed by atoms with van der Waals surface area (Å²) in [6.07, 6.45) is 12.4. The average Bonchev–Trinajstić information content (AvgIpc) is 3.03. The van der Waals surface area contributed by atoms with Crippen molar-refractivity contribution in [2.45, 2.75) is 77.4 Å². The van der Waals surface area contributed by atoms with Gasteiger partial charge >= 0.3 is 0 Å². The highest BCUT2D eigenvalue weighted by molar-refractivity contribution is 7.47. The Bertz CT molecular complexity index is 446. The minimum Gasteiger partial charge on any atom is -0.0734 e. The third-order valence-electron chi connectivity index (χ3n) is 4.03. The summed E-state index contributed by atoms with van der Waals surface area (Å²) in [5.74, 6) is 1.39. The summed E-state index contributed by atoms with van der Waals surface area (Å²) < 4.78 is 1.69. The normalized spacial score (nSPS) is 12.4. The van der Waals surface area contributed by atoms with Gasteiger partial charge in [-0.15, -0.1) is 0 Å². The zero-order chi connectivity index (χ0) is 14.2. The number of thiophene rings is 2. The highest BCUT2D eigenvalue weighted by atomic mass is 32.2. The van der Waals surface area contributed by atoms with E-state index in [1.54, 1.807) is 15.0 Å². The number of rotatable bonds is 10. The van der Waals surface area contributed by atoms with Gasteiger partial charge in [0.2, 0.25) is 0 Å². The molecule has 0 bridgehead atoms. The average molecular weight is 310 g/mol. The van der Waals surface area contributed by atoms with Crippen LogP contribution in [0.5, 0.6) is 0 Å². The second kappa shape index (κ2) is 8.84. The molecule has 2 heteroatoms. The molecule has 2 aromatic rings. The first kappa shape index (κ1) is 16.0. The summed E-state index contributed by atoms with van der Waals surface area (Å²) in [7, 11) is 0.444. The maximum Gasteiger partial charge on any atom is 0.253 e. The number of unbranched alkanes of at least 4 members (excludes halogenated alkanes) is 6. The second-order valence-electron chi connectivity index (χ2n) is 5.77. The molecule has 1 unspecified atom stereocenters. The highest BCUT2D eigenvalue weighted by Gasteiger charge is 2.17. The van der Waals surface area contributed by atoms with Crippen LogP contribution in [0.2, 0.25) is 0 Å². The Labute approximate surface area is 131 Å². The van der Waals surface area contributed by atoms with Gasteiger partial charge in [0.25, 0.3) is 4.01 Å². The lowest BCUT2D eigenvalue weighted by Gasteiger charge is -1.96. The molecule has 0 spiro atoms. The number of aryl methyl sites for hydroxylation is 2. The van der Waals surface area contributed by atoms with E-state index in [9.17, 15) is 0 Å². The van der Waals surface area contributed by atoms with Crippen LogP contribution in [-0.4, -0.2) is 0 Å². The van der Waals surface area contributed by atoms with Crippen LogP contribution in [0.3, 0.4) is 0 Å².